The summed E-state index contributed by atoms with van der Waals surface area (Å²) in [5, 5.41) is 2.94. The van der Waals surface area contributed by atoms with Gasteiger partial charge in [0.05, 0.1) is 17.1 Å². The number of fused-ring (bicyclic) bond motifs is 1. The summed E-state index contributed by atoms with van der Waals surface area (Å²) in [5.41, 5.74) is 2.46. The van der Waals surface area contributed by atoms with Crippen molar-refractivity contribution in [3.63, 3.8) is 0 Å². The van der Waals surface area contributed by atoms with E-state index >= 15 is 0 Å². The number of aromatic nitrogens is 2. The largest absolute Gasteiger partial charge is 0.484 e. The molecule has 0 saturated carbocycles. The van der Waals surface area contributed by atoms with Gasteiger partial charge in [-0.3, -0.25) is 9.59 Å². The summed E-state index contributed by atoms with van der Waals surface area (Å²) >= 11 is 0. The minimum Gasteiger partial charge on any atom is -0.484 e. The Bertz CT molecular complexity index is 1250. The van der Waals surface area contributed by atoms with Crippen molar-refractivity contribution in [3.8, 4) is 5.75 Å². The smallest absolute Gasteiger partial charge is 0.258 e. The van der Waals surface area contributed by atoms with E-state index in [0.717, 1.165) is 16.7 Å². The number of hydrogen-bond donors (Lipinski definition) is 1. The zero-order valence-electron chi connectivity index (χ0n) is 19.3. The molecule has 2 amide bonds. The maximum absolute atomic E-state index is 13.3. The van der Waals surface area contributed by atoms with E-state index in [4.69, 9.17) is 9.72 Å². The van der Waals surface area contributed by atoms with Crippen LogP contribution in [-0.4, -0.2) is 34.5 Å². The highest BCUT2D eigenvalue weighted by atomic mass is 16.5. The molecule has 0 aliphatic rings. The zero-order valence-corrected chi connectivity index (χ0v) is 19.3. The summed E-state index contributed by atoms with van der Waals surface area (Å²) in [6.45, 7) is 4.36. The van der Waals surface area contributed by atoms with Crippen LogP contribution in [0.1, 0.15) is 25.7 Å². The van der Waals surface area contributed by atoms with Gasteiger partial charge in [-0.2, -0.15) is 0 Å². The highest BCUT2D eigenvalue weighted by molar-refractivity contribution is 5.94. The van der Waals surface area contributed by atoms with Crippen molar-refractivity contribution in [2.45, 2.75) is 26.4 Å². The van der Waals surface area contributed by atoms with Crippen LogP contribution in [-0.2, 0) is 16.1 Å². The summed E-state index contributed by atoms with van der Waals surface area (Å²) < 4.78 is 7.43. The highest BCUT2D eigenvalue weighted by Gasteiger charge is 2.22. The van der Waals surface area contributed by atoms with E-state index in [9.17, 15) is 9.59 Å². The van der Waals surface area contributed by atoms with E-state index in [1.54, 1.807) is 17.0 Å². The monoisotopic (exact) mass is 456 g/mol. The van der Waals surface area contributed by atoms with Crippen molar-refractivity contribution < 1.29 is 14.3 Å². The average molecular weight is 457 g/mol. The molecule has 0 aliphatic heterocycles. The van der Waals surface area contributed by atoms with Crippen molar-refractivity contribution in [1.29, 1.82) is 0 Å². The van der Waals surface area contributed by atoms with E-state index in [0.29, 0.717) is 18.1 Å². The summed E-state index contributed by atoms with van der Waals surface area (Å²) in [5.74, 6) is 0.931. The molecule has 3 aromatic carbocycles. The van der Waals surface area contributed by atoms with E-state index in [2.05, 4.69) is 5.32 Å². The summed E-state index contributed by atoms with van der Waals surface area (Å²) in [4.78, 5) is 32.3. The van der Waals surface area contributed by atoms with Crippen LogP contribution in [0.2, 0.25) is 0 Å². The molecule has 7 nitrogen and oxygen atoms in total. The Morgan fingerprint density at radius 3 is 2.32 bits per heavy atom. The van der Waals surface area contributed by atoms with E-state index < -0.39 is 6.04 Å². The van der Waals surface area contributed by atoms with Crippen LogP contribution in [0.5, 0.6) is 5.75 Å². The average Bonchev–Trinajstić information content (AvgIpc) is 3.23. The number of amides is 2. The molecular weight excluding hydrogens is 428 g/mol. The standard InChI is InChI=1S/C27H28N4O3/c1-3-30(21-12-6-4-7-13-21)26(33)18-31-24-17-11-10-16-23(24)29-27(31)20(2)28-25(32)19-34-22-14-8-5-9-15-22/h4-17,20H,3,18-19H2,1-2H3,(H,28,32). The number of para-hydroxylation sites is 4. The predicted octanol–water partition coefficient (Wildman–Crippen LogP) is 4.35. The normalized spacial score (nSPS) is 11.7. The van der Waals surface area contributed by atoms with Gasteiger partial charge in [-0.25, -0.2) is 4.98 Å². The Kier molecular flexibility index (Phi) is 7.22. The van der Waals surface area contributed by atoms with E-state index in [-0.39, 0.29) is 25.0 Å². The number of imidazole rings is 1. The van der Waals surface area contributed by atoms with Gasteiger partial charge in [0.25, 0.3) is 5.91 Å². The summed E-state index contributed by atoms with van der Waals surface area (Å²) in [7, 11) is 0. The number of benzene rings is 3. The van der Waals surface area contributed by atoms with Crippen LogP contribution in [0, 0.1) is 0 Å². The third-order valence-electron chi connectivity index (χ3n) is 5.54. The molecule has 0 radical (unpaired) electrons. The first-order valence-electron chi connectivity index (χ1n) is 11.3. The number of nitrogens with zero attached hydrogens (tertiary/aromatic N) is 3. The minimum atomic E-state index is -0.418. The number of carbonyl (C=O) groups is 2. The molecule has 174 valence electrons. The second kappa shape index (κ2) is 10.7. The lowest BCUT2D eigenvalue weighted by Gasteiger charge is -2.23. The minimum absolute atomic E-state index is 0.0518. The molecule has 1 unspecified atom stereocenters. The number of hydrogen-bond acceptors (Lipinski definition) is 4. The summed E-state index contributed by atoms with van der Waals surface area (Å²) in [6.07, 6.45) is 0. The molecule has 7 heteroatoms. The lowest BCUT2D eigenvalue weighted by Crippen LogP contribution is -2.36. The van der Waals surface area contributed by atoms with Gasteiger partial charge < -0.3 is 19.5 Å². The van der Waals surface area contributed by atoms with Gasteiger partial charge in [-0.05, 0) is 50.2 Å². The third-order valence-corrected chi connectivity index (χ3v) is 5.54. The maximum Gasteiger partial charge on any atom is 0.258 e. The first-order chi connectivity index (χ1) is 16.6. The lowest BCUT2D eigenvalue weighted by molar-refractivity contribution is -0.123. The van der Waals surface area contributed by atoms with Gasteiger partial charge in [0.2, 0.25) is 5.91 Å². The molecule has 0 spiro atoms. The van der Waals surface area contributed by atoms with Crippen LogP contribution in [0.25, 0.3) is 11.0 Å². The fourth-order valence-electron chi connectivity index (χ4n) is 3.94. The van der Waals surface area contributed by atoms with Crippen molar-refractivity contribution in [3.05, 3.63) is 90.8 Å². The van der Waals surface area contributed by atoms with E-state index in [1.807, 2.05) is 91.2 Å². The number of rotatable bonds is 9. The molecule has 0 saturated heterocycles. The molecule has 0 fully saturated rings. The Hall–Kier alpha value is -4.13. The molecule has 1 aromatic heterocycles. The molecule has 1 atom stereocenters. The summed E-state index contributed by atoms with van der Waals surface area (Å²) in [6, 6.07) is 26.0. The van der Waals surface area contributed by atoms with Gasteiger partial charge in [0, 0.05) is 12.2 Å². The van der Waals surface area contributed by atoms with Crippen molar-refractivity contribution in [2.24, 2.45) is 0 Å². The quantitative estimate of drug-likeness (QED) is 0.406. The van der Waals surface area contributed by atoms with Crippen LogP contribution in [0.3, 0.4) is 0 Å². The number of carbonyl (C=O) groups excluding carboxylic acids is 2. The van der Waals surface area contributed by atoms with Gasteiger partial charge in [-0.1, -0.05) is 48.5 Å². The molecule has 0 bridgehead atoms. The number of anilines is 1. The van der Waals surface area contributed by atoms with Crippen LogP contribution < -0.4 is 15.0 Å². The molecule has 1 heterocycles. The van der Waals surface area contributed by atoms with E-state index in [1.165, 1.54) is 0 Å². The Morgan fingerprint density at radius 2 is 1.62 bits per heavy atom. The topological polar surface area (TPSA) is 76.5 Å². The predicted molar refractivity (Wildman–Crippen MR) is 133 cm³/mol. The van der Waals surface area contributed by atoms with Gasteiger partial charge in [-0.15, -0.1) is 0 Å². The number of ether oxygens (including phenoxy) is 1. The molecular formula is C27H28N4O3. The highest BCUT2D eigenvalue weighted by Crippen LogP contribution is 2.22. The second-order valence-corrected chi connectivity index (χ2v) is 7.91. The van der Waals surface area contributed by atoms with Crippen LogP contribution >= 0.6 is 0 Å². The second-order valence-electron chi connectivity index (χ2n) is 7.91. The number of nitrogens with one attached hydrogen (secondary N) is 1. The SMILES string of the molecule is CCN(C(=O)Cn1c(C(C)NC(=O)COc2ccccc2)nc2ccccc21)c1ccccc1. The van der Waals surface area contributed by atoms with Crippen molar-refractivity contribution >= 4 is 28.5 Å². The van der Waals surface area contributed by atoms with Crippen molar-refractivity contribution in [1.82, 2.24) is 14.9 Å². The molecule has 1 N–H and O–H groups in total. The fourth-order valence-corrected chi connectivity index (χ4v) is 3.94. The Labute approximate surface area is 199 Å². The third kappa shape index (κ3) is 5.26. The first-order valence-corrected chi connectivity index (χ1v) is 11.3. The van der Waals surface area contributed by atoms with Gasteiger partial charge in [0.1, 0.15) is 18.1 Å². The van der Waals surface area contributed by atoms with Gasteiger partial charge in [0.15, 0.2) is 6.61 Å². The fraction of sp³-hybridized carbons (Fsp3) is 0.222. The first kappa shape index (κ1) is 23.0. The molecule has 4 aromatic rings. The molecule has 0 aliphatic carbocycles. The Morgan fingerprint density at radius 1 is 0.971 bits per heavy atom. The zero-order chi connectivity index (χ0) is 23.9. The van der Waals surface area contributed by atoms with Crippen molar-refractivity contribution in [2.75, 3.05) is 18.1 Å². The Balaban J connectivity index is 1.53. The number of likely N-dealkylation sites (N-methyl/N-ethyl adjacent to an activating group) is 1. The van der Waals surface area contributed by atoms with Gasteiger partial charge >= 0.3 is 0 Å². The maximum atomic E-state index is 13.3. The van der Waals surface area contributed by atoms with Crippen LogP contribution in [0.4, 0.5) is 5.69 Å². The van der Waals surface area contributed by atoms with Crippen LogP contribution in [0.15, 0.2) is 84.9 Å². The molecule has 34 heavy (non-hydrogen) atoms. The molecule has 4 rings (SSSR count). The lowest BCUT2D eigenvalue weighted by atomic mass is 10.2.